The van der Waals surface area contributed by atoms with Gasteiger partial charge in [0.1, 0.15) is 11.3 Å². The minimum atomic E-state index is -0.269. The van der Waals surface area contributed by atoms with E-state index < -0.39 is 0 Å². The van der Waals surface area contributed by atoms with Gasteiger partial charge >= 0.3 is 0 Å². The van der Waals surface area contributed by atoms with Gasteiger partial charge in [-0.15, -0.1) is 0 Å². The zero-order valence-corrected chi connectivity index (χ0v) is 10.7. The molecule has 1 unspecified atom stereocenters. The molecule has 18 heavy (non-hydrogen) atoms. The lowest BCUT2D eigenvalue weighted by atomic mass is 10.1. The fourth-order valence-electron chi connectivity index (χ4n) is 1.81. The van der Waals surface area contributed by atoms with E-state index in [-0.39, 0.29) is 11.8 Å². The molecule has 0 aliphatic rings. The summed E-state index contributed by atoms with van der Waals surface area (Å²) < 4.78 is 5.68. The van der Waals surface area contributed by atoms with E-state index in [2.05, 4.69) is 10.6 Å². The Labute approximate surface area is 106 Å². The zero-order chi connectivity index (χ0) is 13.0. The molecule has 4 heteroatoms. The first-order chi connectivity index (χ1) is 8.72. The fourth-order valence-corrected chi connectivity index (χ4v) is 1.81. The molecular formula is C14H18N2O2. The lowest BCUT2D eigenvalue weighted by molar-refractivity contribution is -0.122. The van der Waals surface area contributed by atoms with Crippen molar-refractivity contribution in [3.63, 3.8) is 0 Å². The normalized spacial score (nSPS) is 12.6. The molecule has 0 saturated heterocycles. The highest BCUT2D eigenvalue weighted by Crippen LogP contribution is 2.24. The maximum atomic E-state index is 11.9. The van der Waals surface area contributed by atoms with Crippen LogP contribution in [0.25, 0.3) is 11.0 Å². The molecule has 0 aliphatic carbocycles. The van der Waals surface area contributed by atoms with Crippen LogP contribution < -0.4 is 10.6 Å². The van der Waals surface area contributed by atoms with Crippen molar-refractivity contribution in [2.75, 3.05) is 20.1 Å². The van der Waals surface area contributed by atoms with Crippen LogP contribution in [-0.4, -0.2) is 26.0 Å². The number of nitrogens with one attached hydrogen (secondary N) is 2. The standard InChI is InChI=1S/C14H18N2O2/c1-10(14(17)16-8-7-15-2)13-9-11-5-3-4-6-12(11)18-13/h3-6,9-10,15H,7-8H2,1-2H3,(H,16,17). The monoisotopic (exact) mass is 246 g/mol. The highest BCUT2D eigenvalue weighted by molar-refractivity contribution is 5.85. The third-order valence-corrected chi connectivity index (χ3v) is 2.94. The number of carbonyl (C=O) groups is 1. The van der Waals surface area contributed by atoms with Gasteiger partial charge in [0, 0.05) is 18.5 Å². The van der Waals surface area contributed by atoms with Crippen LogP contribution in [0.5, 0.6) is 0 Å². The number of furan rings is 1. The molecule has 2 rings (SSSR count). The van der Waals surface area contributed by atoms with Crippen molar-refractivity contribution in [2.45, 2.75) is 12.8 Å². The molecule has 0 aliphatic heterocycles. The van der Waals surface area contributed by atoms with Crippen LogP contribution in [0.15, 0.2) is 34.7 Å². The van der Waals surface area contributed by atoms with Crippen LogP contribution in [0.2, 0.25) is 0 Å². The van der Waals surface area contributed by atoms with Crippen LogP contribution in [0, 0.1) is 0 Å². The first kappa shape index (κ1) is 12.6. The molecule has 1 atom stereocenters. The second-order valence-electron chi connectivity index (χ2n) is 4.30. The molecule has 0 bridgehead atoms. The molecule has 1 amide bonds. The van der Waals surface area contributed by atoms with E-state index in [1.54, 1.807) is 0 Å². The number of benzene rings is 1. The highest BCUT2D eigenvalue weighted by Gasteiger charge is 2.18. The van der Waals surface area contributed by atoms with Gasteiger partial charge in [0.15, 0.2) is 0 Å². The van der Waals surface area contributed by atoms with Crippen molar-refractivity contribution in [3.05, 3.63) is 36.1 Å². The topological polar surface area (TPSA) is 54.3 Å². The molecule has 0 spiro atoms. The van der Waals surface area contributed by atoms with Crippen molar-refractivity contribution in [1.29, 1.82) is 0 Å². The summed E-state index contributed by atoms with van der Waals surface area (Å²) in [4.78, 5) is 11.9. The van der Waals surface area contributed by atoms with Gasteiger partial charge in [-0.25, -0.2) is 0 Å². The van der Waals surface area contributed by atoms with Crippen molar-refractivity contribution in [1.82, 2.24) is 10.6 Å². The fraction of sp³-hybridized carbons (Fsp3) is 0.357. The SMILES string of the molecule is CNCCNC(=O)C(C)c1cc2ccccc2o1. The van der Waals surface area contributed by atoms with Gasteiger partial charge < -0.3 is 15.1 Å². The Morgan fingerprint density at radius 1 is 1.33 bits per heavy atom. The van der Waals surface area contributed by atoms with Gasteiger partial charge in [-0.3, -0.25) is 4.79 Å². The number of carbonyl (C=O) groups excluding carboxylic acids is 1. The summed E-state index contributed by atoms with van der Waals surface area (Å²) in [5.41, 5.74) is 0.822. The highest BCUT2D eigenvalue weighted by atomic mass is 16.3. The molecule has 2 aromatic rings. The Hall–Kier alpha value is -1.81. The van der Waals surface area contributed by atoms with Gasteiger partial charge in [-0.1, -0.05) is 18.2 Å². The summed E-state index contributed by atoms with van der Waals surface area (Å²) in [5.74, 6) is 0.428. The Kier molecular flexibility index (Phi) is 3.99. The molecule has 0 saturated carbocycles. The molecular weight excluding hydrogens is 228 g/mol. The molecule has 1 heterocycles. The summed E-state index contributed by atoms with van der Waals surface area (Å²) in [6, 6.07) is 9.70. The Morgan fingerprint density at radius 2 is 2.11 bits per heavy atom. The largest absolute Gasteiger partial charge is 0.460 e. The quantitative estimate of drug-likeness (QED) is 0.792. The minimum absolute atomic E-state index is 0.00990. The lowest BCUT2D eigenvalue weighted by Crippen LogP contribution is -2.33. The van der Waals surface area contributed by atoms with Crippen molar-refractivity contribution in [2.24, 2.45) is 0 Å². The number of para-hydroxylation sites is 1. The van der Waals surface area contributed by atoms with Crippen LogP contribution in [0.1, 0.15) is 18.6 Å². The smallest absolute Gasteiger partial charge is 0.230 e. The number of hydrogen-bond donors (Lipinski definition) is 2. The average Bonchev–Trinajstić information content (AvgIpc) is 2.81. The van der Waals surface area contributed by atoms with E-state index in [0.29, 0.717) is 12.3 Å². The van der Waals surface area contributed by atoms with E-state index in [0.717, 1.165) is 17.5 Å². The van der Waals surface area contributed by atoms with Crippen LogP contribution >= 0.6 is 0 Å². The van der Waals surface area contributed by atoms with Gasteiger partial charge in [-0.05, 0) is 26.1 Å². The van der Waals surface area contributed by atoms with Gasteiger partial charge in [-0.2, -0.15) is 0 Å². The predicted molar refractivity (Wildman–Crippen MR) is 71.6 cm³/mol. The first-order valence-electron chi connectivity index (χ1n) is 6.13. The van der Waals surface area contributed by atoms with Gasteiger partial charge in [0.2, 0.25) is 5.91 Å². The molecule has 4 nitrogen and oxygen atoms in total. The number of amides is 1. The lowest BCUT2D eigenvalue weighted by Gasteiger charge is -2.09. The number of hydrogen-bond acceptors (Lipinski definition) is 3. The maximum absolute atomic E-state index is 11.9. The molecule has 0 fully saturated rings. The number of likely N-dealkylation sites (N-methyl/N-ethyl adjacent to an activating group) is 1. The molecule has 1 aromatic heterocycles. The van der Waals surface area contributed by atoms with E-state index in [1.807, 2.05) is 44.3 Å². The van der Waals surface area contributed by atoms with Crippen LogP contribution in [-0.2, 0) is 4.79 Å². The molecule has 96 valence electrons. The second-order valence-corrected chi connectivity index (χ2v) is 4.30. The average molecular weight is 246 g/mol. The van der Waals surface area contributed by atoms with Crippen molar-refractivity contribution >= 4 is 16.9 Å². The summed E-state index contributed by atoms with van der Waals surface area (Å²) in [6.07, 6.45) is 0. The van der Waals surface area contributed by atoms with Crippen molar-refractivity contribution in [3.8, 4) is 0 Å². The van der Waals surface area contributed by atoms with Gasteiger partial charge in [0.25, 0.3) is 0 Å². The zero-order valence-electron chi connectivity index (χ0n) is 10.7. The molecule has 2 N–H and O–H groups in total. The third-order valence-electron chi connectivity index (χ3n) is 2.94. The minimum Gasteiger partial charge on any atom is -0.460 e. The first-order valence-corrected chi connectivity index (χ1v) is 6.13. The Balaban J connectivity index is 2.08. The summed E-state index contributed by atoms with van der Waals surface area (Å²) in [7, 11) is 1.86. The molecule has 1 aromatic carbocycles. The summed E-state index contributed by atoms with van der Waals surface area (Å²) >= 11 is 0. The van der Waals surface area contributed by atoms with Crippen molar-refractivity contribution < 1.29 is 9.21 Å². The maximum Gasteiger partial charge on any atom is 0.230 e. The van der Waals surface area contributed by atoms with E-state index in [1.165, 1.54) is 0 Å². The van der Waals surface area contributed by atoms with E-state index in [4.69, 9.17) is 4.42 Å². The van der Waals surface area contributed by atoms with E-state index in [9.17, 15) is 4.79 Å². The summed E-state index contributed by atoms with van der Waals surface area (Å²) in [6.45, 7) is 3.24. The summed E-state index contributed by atoms with van der Waals surface area (Å²) in [5, 5.41) is 6.88. The Bertz CT molecular complexity index is 500. The molecule has 0 radical (unpaired) electrons. The van der Waals surface area contributed by atoms with Crippen LogP contribution in [0.3, 0.4) is 0 Å². The Morgan fingerprint density at radius 3 is 2.83 bits per heavy atom. The number of rotatable bonds is 5. The predicted octanol–water partition coefficient (Wildman–Crippen LogP) is 1.87. The number of fused-ring (bicyclic) bond motifs is 1. The van der Waals surface area contributed by atoms with Gasteiger partial charge in [0.05, 0.1) is 5.92 Å². The second kappa shape index (κ2) is 5.69. The third kappa shape index (κ3) is 2.71. The van der Waals surface area contributed by atoms with Crippen LogP contribution in [0.4, 0.5) is 0 Å². The van der Waals surface area contributed by atoms with E-state index >= 15 is 0 Å².